The van der Waals surface area contributed by atoms with Crippen LogP contribution in [0.4, 0.5) is 0 Å². The quantitative estimate of drug-likeness (QED) is 0.830. The molecule has 4 heteroatoms. The van der Waals surface area contributed by atoms with Crippen molar-refractivity contribution >= 4 is 12.2 Å². The number of aromatic amines is 1. The standard InChI is InChI=1S/C14H23N3S/c1-3-10-9-15-14(18)17(10)13-7-11-5-4-6-12(8-13)16(11)2/h9,11-13H,3-8H2,1-2H3,(H,15,18). The molecule has 3 heterocycles. The minimum atomic E-state index is 0.616. The number of nitrogens with one attached hydrogen (secondary N) is 1. The third kappa shape index (κ3) is 1.95. The monoisotopic (exact) mass is 265 g/mol. The van der Waals surface area contributed by atoms with Gasteiger partial charge in [-0.2, -0.15) is 0 Å². The van der Waals surface area contributed by atoms with Crippen molar-refractivity contribution in [3.8, 4) is 0 Å². The summed E-state index contributed by atoms with van der Waals surface area (Å²) in [6.07, 6.45) is 9.83. The molecular weight excluding hydrogens is 242 g/mol. The fraction of sp³-hybridized carbons (Fsp3) is 0.786. The van der Waals surface area contributed by atoms with Gasteiger partial charge in [0, 0.05) is 30.0 Å². The third-order valence-corrected chi connectivity index (χ3v) is 5.25. The van der Waals surface area contributed by atoms with Crippen LogP contribution in [0.3, 0.4) is 0 Å². The number of piperidine rings is 2. The normalized spacial score (nSPS) is 32.7. The van der Waals surface area contributed by atoms with Crippen molar-refractivity contribution < 1.29 is 0 Å². The Morgan fingerprint density at radius 2 is 1.94 bits per heavy atom. The van der Waals surface area contributed by atoms with Gasteiger partial charge < -0.3 is 14.5 Å². The van der Waals surface area contributed by atoms with Crippen molar-refractivity contribution in [2.45, 2.75) is 63.6 Å². The molecule has 2 atom stereocenters. The van der Waals surface area contributed by atoms with Crippen LogP contribution in [0.15, 0.2) is 6.20 Å². The van der Waals surface area contributed by atoms with Gasteiger partial charge in [0.05, 0.1) is 0 Å². The maximum atomic E-state index is 5.47. The van der Waals surface area contributed by atoms with Crippen molar-refractivity contribution in [3.63, 3.8) is 0 Å². The molecule has 1 N–H and O–H groups in total. The van der Waals surface area contributed by atoms with Gasteiger partial charge in [0.1, 0.15) is 0 Å². The van der Waals surface area contributed by atoms with Gasteiger partial charge in [-0.3, -0.25) is 0 Å². The second-order valence-corrected chi connectivity index (χ2v) is 6.22. The predicted molar refractivity (Wildman–Crippen MR) is 76.5 cm³/mol. The molecule has 18 heavy (non-hydrogen) atoms. The lowest BCUT2D eigenvalue weighted by atomic mass is 9.82. The van der Waals surface area contributed by atoms with Crippen LogP contribution in [0.1, 0.15) is 50.8 Å². The maximum absolute atomic E-state index is 5.47. The van der Waals surface area contributed by atoms with Crippen LogP contribution in [0.2, 0.25) is 0 Å². The molecule has 2 bridgehead atoms. The second-order valence-electron chi connectivity index (χ2n) is 5.84. The zero-order valence-corrected chi connectivity index (χ0v) is 12.2. The minimum absolute atomic E-state index is 0.616. The van der Waals surface area contributed by atoms with E-state index in [1.807, 2.05) is 0 Å². The highest BCUT2D eigenvalue weighted by Gasteiger charge is 2.37. The minimum Gasteiger partial charge on any atom is -0.337 e. The van der Waals surface area contributed by atoms with Crippen LogP contribution >= 0.6 is 12.2 Å². The van der Waals surface area contributed by atoms with Crippen LogP contribution < -0.4 is 0 Å². The number of fused-ring (bicyclic) bond motifs is 2. The molecular formula is C14H23N3S. The number of imidazole rings is 1. The zero-order valence-electron chi connectivity index (χ0n) is 11.4. The first-order valence-electron chi connectivity index (χ1n) is 7.21. The molecule has 3 rings (SSSR count). The largest absolute Gasteiger partial charge is 0.337 e. The number of nitrogens with zero attached hydrogens (tertiary/aromatic N) is 2. The highest BCUT2D eigenvalue weighted by molar-refractivity contribution is 7.71. The van der Waals surface area contributed by atoms with E-state index in [0.29, 0.717) is 6.04 Å². The molecule has 0 saturated carbocycles. The molecule has 0 radical (unpaired) electrons. The smallest absolute Gasteiger partial charge is 0.177 e. The molecule has 100 valence electrons. The first-order valence-corrected chi connectivity index (χ1v) is 7.62. The lowest BCUT2D eigenvalue weighted by Gasteiger charge is -2.47. The van der Waals surface area contributed by atoms with E-state index in [1.54, 1.807) is 0 Å². The Kier molecular flexibility index (Phi) is 3.32. The van der Waals surface area contributed by atoms with Gasteiger partial charge in [-0.25, -0.2) is 0 Å². The average Bonchev–Trinajstić information content (AvgIpc) is 2.70. The molecule has 2 aliphatic rings. The molecule has 2 fully saturated rings. The Bertz CT molecular complexity index is 462. The van der Waals surface area contributed by atoms with E-state index in [2.05, 4.69) is 34.6 Å². The molecule has 1 aromatic heterocycles. The van der Waals surface area contributed by atoms with Gasteiger partial charge in [0.2, 0.25) is 0 Å². The molecule has 2 unspecified atom stereocenters. The van der Waals surface area contributed by atoms with Crippen molar-refractivity contribution in [2.24, 2.45) is 0 Å². The van der Waals surface area contributed by atoms with Crippen molar-refractivity contribution in [3.05, 3.63) is 16.7 Å². The van der Waals surface area contributed by atoms with Crippen LogP contribution in [0.25, 0.3) is 0 Å². The highest BCUT2D eigenvalue weighted by atomic mass is 32.1. The number of hydrogen-bond donors (Lipinski definition) is 1. The molecule has 2 aliphatic heterocycles. The summed E-state index contributed by atoms with van der Waals surface area (Å²) >= 11 is 5.47. The van der Waals surface area contributed by atoms with Crippen molar-refractivity contribution in [1.82, 2.24) is 14.5 Å². The van der Waals surface area contributed by atoms with Gasteiger partial charge in [0.15, 0.2) is 4.77 Å². The van der Waals surface area contributed by atoms with E-state index < -0.39 is 0 Å². The summed E-state index contributed by atoms with van der Waals surface area (Å²) in [5.74, 6) is 0. The van der Waals surface area contributed by atoms with E-state index in [-0.39, 0.29) is 0 Å². The number of rotatable bonds is 2. The lowest BCUT2D eigenvalue weighted by molar-refractivity contribution is 0.0391. The molecule has 3 nitrogen and oxygen atoms in total. The van der Waals surface area contributed by atoms with Crippen LogP contribution in [-0.2, 0) is 6.42 Å². The zero-order chi connectivity index (χ0) is 12.7. The Morgan fingerprint density at radius 1 is 1.28 bits per heavy atom. The second kappa shape index (κ2) is 4.82. The molecule has 0 aromatic carbocycles. The third-order valence-electron chi connectivity index (χ3n) is 4.93. The van der Waals surface area contributed by atoms with Crippen LogP contribution in [0.5, 0.6) is 0 Å². The summed E-state index contributed by atoms with van der Waals surface area (Å²) in [5, 5.41) is 0. The topological polar surface area (TPSA) is 24.0 Å². The van der Waals surface area contributed by atoms with Gasteiger partial charge in [-0.1, -0.05) is 13.3 Å². The fourth-order valence-corrected chi connectivity index (χ4v) is 4.21. The summed E-state index contributed by atoms with van der Waals surface area (Å²) in [5.41, 5.74) is 1.37. The predicted octanol–water partition coefficient (Wildman–Crippen LogP) is 3.30. The summed E-state index contributed by atoms with van der Waals surface area (Å²) in [7, 11) is 2.31. The average molecular weight is 265 g/mol. The van der Waals surface area contributed by atoms with Crippen LogP contribution in [-0.4, -0.2) is 33.6 Å². The SMILES string of the molecule is CCc1c[nH]c(=S)n1C1CC2CCCC(C1)N2C. The van der Waals surface area contributed by atoms with Gasteiger partial charge in [-0.05, 0) is 51.4 Å². The number of aryl methyl sites for hydroxylation is 1. The maximum Gasteiger partial charge on any atom is 0.177 e. The van der Waals surface area contributed by atoms with Crippen molar-refractivity contribution in [1.29, 1.82) is 0 Å². The first kappa shape index (κ1) is 12.4. The van der Waals surface area contributed by atoms with Crippen molar-refractivity contribution in [2.75, 3.05) is 7.05 Å². The molecule has 2 saturated heterocycles. The van der Waals surface area contributed by atoms with Gasteiger partial charge in [-0.15, -0.1) is 0 Å². The lowest BCUT2D eigenvalue weighted by Crippen LogP contribution is -2.50. The fourth-order valence-electron chi connectivity index (χ4n) is 3.89. The van der Waals surface area contributed by atoms with E-state index in [9.17, 15) is 0 Å². The molecule has 0 aliphatic carbocycles. The first-order chi connectivity index (χ1) is 8.70. The Balaban J connectivity index is 1.89. The Labute approximate surface area is 114 Å². The van der Waals surface area contributed by atoms with E-state index >= 15 is 0 Å². The number of hydrogen-bond acceptors (Lipinski definition) is 2. The van der Waals surface area contributed by atoms with Gasteiger partial charge in [0.25, 0.3) is 0 Å². The van der Waals surface area contributed by atoms with E-state index in [4.69, 9.17) is 12.2 Å². The summed E-state index contributed by atoms with van der Waals surface area (Å²) in [4.78, 5) is 5.84. The Hall–Kier alpha value is -0.610. The summed E-state index contributed by atoms with van der Waals surface area (Å²) in [6, 6.07) is 2.15. The highest BCUT2D eigenvalue weighted by Crippen LogP contribution is 2.38. The van der Waals surface area contributed by atoms with E-state index in [0.717, 1.165) is 23.3 Å². The van der Waals surface area contributed by atoms with E-state index in [1.165, 1.54) is 37.8 Å². The number of aromatic nitrogens is 2. The molecule has 1 aromatic rings. The summed E-state index contributed by atoms with van der Waals surface area (Å²) in [6.45, 7) is 2.21. The summed E-state index contributed by atoms with van der Waals surface area (Å²) < 4.78 is 3.31. The molecule has 0 spiro atoms. The van der Waals surface area contributed by atoms with Gasteiger partial charge >= 0.3 is 0 Å². The number of H-pyrrole nitrogens is 1. The van der Waals surface area contributed by atoms with Crippen LogP contribution in [0, 0.1) is 4.77 Å². The Morgan fingerprint density at radius 3 is 2.56 bits per heavy atom. The molecule has 0 amide bonds.